The van der Waals surface area contributed by atoms with Gasteiger partial charge in [-0.3, -0.25) is 9.69 Å². The van der Waals surface area contributed by atoms with Crippen molar-refractivity contribution in [1.29, 1.82) is 0 Å². The van der Waals surface area contributed by atoms with Gasteiger partial charge in [0.1, 0.15) is 0 Å². The van der Waals surface area contributed by atoms with Crippen molar-refractivity contribution >= 4 is 21.9 Å². The zero-order valence-electron chi connectivity index (χ0n) is 11.6. The third-order valence-electron chi connectivity index (χ3n) is 4.81. The summed E-state index contributed by atoms with van der Waals surface area (Å²) in [4.78, 5) is 14.0. The third kappa shape index (κ3) is 2.40. The molecule has 0 radical (unpaired) electrons. The quantitative estimate of drug-likeness (QED) is 0.913. The Morgan fingerprint density at radius 2 is 1.95 bits per heavy atom. The second-order valence-corrected chi connectivity index (χ2v) is 6.88. The Morgan fingerprint density at radius 1 is 1.25 bits per heavy atom. The van der Waals surface area contributed by atoms with E-state index in [1.807, 2.05) is 12.1 Å². The Bertz CT molecular complexity index is 519. The van der Waals surface area contributed by atoms with Gasteiger partial charge in [-0.2, -0.15) is 0 Å². The van der Waals surface area contributed by atoms with Crippen LogP contribution in [0, 0.1) is 0 Å². The average molecular weight is 338 g/mol. The molecule has 3 nitrogen and oxygen atoms in total. The van der Waals surface area contributed by atoms with E-state index in [0.717, 1.165) is 35.8 Å². The first-order valence-corrected chi connectivity index (χ1v) is 8.16. The molecule has 1 aromatic rings. The number of carboxylic acids is 1. The fourth-order valence-corrected chi connectivity index (χ4v) is 3.82. The summed E-state index contributed by atoms with van der Waals surface area (Å²) >= 11 is 3.63. The molecule has 2 fully saturated rings. The molecule has 1 aliphatic carbocycles. The van der Waals surface area contributed by atoms with Crippen LogP contribution < -0.4 is 0 Å². The SMILES string of the molecule is O=C(O)C1(c2ccc(CN3CCCC3)c(Br)c2)CCC1. The molecule has 0 bridgehead atoms. The monoisotopic (exact) mass is 337 g/mol. The minimum atomic E-state index is -0.678. The van der Waals surface area contributed by atoms with Gasteiger partial charge in [-0.05, 0) is 56.0 Å². The van der Waals surface area contributed by atoms with E-state index in [9.17, 15) is 9.90 Å². The second-order valence-electron chi connectivity index (χ2n) is 6.03. The van der Waals surface area contributed by atoms with Gasteiger partial charge in [-0.25, -0.2) is 0 Å². The van der Waals surface area contributed by atoms with Crippen LogP contribution in [0.2, 0.25) is 0 Å². The molecule has 0 amide bonds. The van der Waals surface area contributed by atoms with Crippen molar-refractivity contribution in [1.82, 2.24) is 4.90 Å². The van der Waals surface area contributed by atoms with Gasteiger partial charge in [0.05, 0.1) is 5.41 Å². The smallest absolute Gasteiger partial charge is 0.314 e. The summed E-state index contributed by atoms with van der Waals surface area (Å²) in [6, 6.07) is 6.14. The molecule has 1 aliphatic heterocycles. The Labute approximate surface area is 128 Å². The van der Waals surface area contributed by atoms with Crippen molar-refractivity contribution < 1.29 is 9.90 Å². The highest BCUT2D eigenvalue weighted by molar-refractivity contribution is 9.10. The summed E-state index contributed by atoms with van der Waals surface area (Å²) in [6.45, 7) is 3.31. The molecular formula is C16H20BrNO2. The highest BCUT2D eigenvalue weighted by Gasteiger charge is 2.46. The van der Waals surface area contributed by atoms with Crippen LogP contribution >= 0.6 is 15.9 Å². The van der Waals surface area contributed by atoms with Gasteiger partial charge >= 0.3 is 5.97 Å². The third-order valence-corrected chi connectivity index (χ3v) is 5.55. The minimum Gasteiger partial charge on any atom is -0.481 e. The van der Waals surface area contributed by atoms with Gasteiger partial charge in [-0.15, -0.1) is 0 Å². The summed E-state index contributed by atoms with van der Waals surface area (Å²) in [7, 11) is 0. The summed E-state index contributed by atoms with van der Waals surface area (Å²) in [6.07, 6.45) is 5.12. The highest BCUT2D eigenvalue weighted by Crippen LogP contribution is 2.45. The molecule has 1 N–H and O–H groups in total. The number of likely N-dealkylation sites (tertiary alicyclic amines) is 1. The predicted molar refractivity (Wildman–Crippen MR) is 81.8 cm³/mol. The van der Waals surface area contributed by atoms with Crippen LogP contribution in [0.5, 0.6) is 0 Å². The normalized spacial score (nSPS) is 21.6. The van der Waals surface area contributed by atoms with E-state index >= 15 is 0 Å². The van der Waals surface area contributed by atoms with Crippen LogP contribution in [0.3, 0.4) is 0 Å². The van der Waals surface area contributed by atoms with E-state index in [1.54, 1.807) is 0 Å². The number of nitrogens with zero attached hydrogens (tertiary/aromatic N) is 1. The van der Waals surface area contributed by atoms with Crippen molar-refractivity contribution in [2.75, 3.05) is 13.1 Å². The van der Waals surface area contributed by atoms with Gasteiger partial charge in [0.2, 0.25) is 0 Å². The molecule has 1 aromatic carbocycles. The molecule has 20 heavy (non-hydrogen) atoms. The van der Waals surface area contributed by atoms with Gasteiger partial charge in [0, 0.05) is 11.0 Å². The van der Waals surface area contributed by atoms with Gasteiger partial charge in [-0.1, -0.05) is 34.5 Å². The second kappa shape index (κ2) is 5.49. The first-order valence-electron chi connectivity index (χ1n) is 7.36. The van der Waals surface area contributed by atoms with Crippen LogP contribution in [0.1, 0.15) is 43.2 Å². The molecule has 108 valence electrons. The van der Waals surface area contributed by atoms with E-state index in [0.29, 0.717) is 0 Å². The molecule has 3 rings (SSSR count). The van der Waals surface area contributed by atoms with Crippen LogP contribution in [-0.2, 0) is 16.8 Å². The minimum absolute atomic E-state index is 0.630. The first kappa shape index (κ1) is 14.1. The van der Waals surface area contributed by atoms with Crippen molar-refractivity contribution in [3.8, 4) is 0 Å². The summed E-state index contributed by atoms with van der Waals surface area (Å²) in [5, 5.41) is 9.50. The van der Waals surface area contributed by atoms with E-state index in [1.165, 1.54) is 31.5 Å². The van der Waals surface area contributed by atoms with E-state index < -0.39 is 11.4 Å². The molecular weight excluding hydrogens is 318 g/mol. The average Bonchev–Trinajstić information content (AvgIpc) is 2.83. The zero-order chi connectivity index (χ0) is 14.2. The van der Waals surface area contributed by atoms with Crippen molar-refractivity contribution in [2.45, 2.75) is 44.1 Å². The maximum atomic E-state index is 11.6. The van der Waals surface area contributed by atoms with E-state index in [-0.39, 0.29) is 0 Å². The lowest BCUT2D eigenvalue weighted by atomic mass is 9.64. The maximum absolute atomic E-state index is 11.6. The number of hydrogen-bond donors (Lipinski definition) is 1. The molecule has 0 spiro atoms. The predicted octanol–water partition coefficient (Wildman–Crippen LogP) is 3.55. The Hall–Kier alpha value is -0.870. The number of halogens is 1. The van der Waals surface area contributed by atoms with E-state index in [4.69, 9.17) is 0 Å². The van der Waals surface area contributed by atoms with Crippen LogP contribution in [0.4, 0.5) is 0 Å². The number of rotatable bonds is 4. The Kier molecular flexibility index (Phi) is 3.87. The molecule has 0 aromatic heterocycles. The molecule has 4 heteroatoms. The maximum Gasteiger partial charge on any atom is 0.314 e. The molecule has 0 atom stereocenters. The summed E-state index contributed by atoms with van der Waals surface area (Å²) < 4.78 is 1.05. The Balaban J connectivity index is 1.81. The lowest BCUT2D eigenvalue weighted by Crippen LogP contribution is -2.42. The number of hydrogen-bond acceptors (Lipinski definition) is 2. The fraction of sp³-hybridized carbons (Fsp3) is 0.562. The van der Waals surface area contributed by atoms with Crippen LogP contribution in [0.25, 0.3) is 0 Å². The number of benzene rings is 1. The molecule has 1 saturated carbocycles. The summed E-state index contributed by atoms with van der Waals surface area (Å²) in [5.41, 5.74) is 1.58. The lowest BCUT2D eigenvalue weighted by Gasteiger charge is -2.38. The highest BCUT2D eigenvalue weighted by atomic mass is 79.9. The molecule has 1 heterocycles. The summed E-state index contributed by atoms with van der Waals surface area (Å²) in [5.74, 6) is -0.678. The zero-order valence-corrected chi connectivity index (χ0v) is 13.2. The van der Waals surface area contributed by atoms with Crippen molar-refractivity contribution in [2.24, 2.45) is 0 Å². The Morgan fingerprint density at radius 3 is 2.45 bits per heavy atom. The topological polar surface area (TPSA) is 40.5 Å². The molecule has 1 saturated heterocycles. The van der Waals surface area contributed by atoms with Gasteiger partial charge in [0.25, 0.3) is 0 Å². The molecule has 2 aliphatic rings. The van der Waals surface area contributed by atoms with Crippen LogP contribution in [-0.4, -0.2) is 29.1 Å². The van der Waals surface area contributed by atoms with Crippen molar-refractivity contribution in [3.63, 3.8) is 0 Å². The number of aliphatic carboxylic acids is 1. The molecule has 0 unspecified atom stereocenters. The number of carbonyl (C=O) groups is 1. The standard InChI is InChI=1S/C16H20BrNO2/c17-14-10-13(16(15(19)20)6-3-7-16)5-4-12(14)11-18-8-1-2-9-18/h4-5,10H,1-3,6-9,11H2,(H,19,20). The fourth-order valence-electron chi connectivity index (χ4n) is 3.31. The first-order chi connectivity index (χ1) is 9.62. The van der Waals surface area contributed by atoms with Gasteiger partial charge < -0.3 is 5.11 Å². The van der Waals surface area contributed by atoms with Crippen LogP contribution in [0.15, 0.2) is 22.7 Å². The lowest BCUT2D eigenvalue weighted by molar-refractivity contribution is -0.147. The number of carboxylic acid groups (broad SMARTS) is 1. The van der Waals surface area contributed by atoms with Crippen molar-refractivity contribution in [3.05, 3.63) is 33.8 Å². The van der Waals surface area contributed by atoms with Gasteiger partial charge in [0.15, 0.2) is 0 Å². The van der Waals surface area contributed by atoms with E-state index in [2.05, 4.69) is 26.9 Å². The largest absolute Gasteiger partial charge is 0.481 e.